The predicted molar refractivity (Wildman–Crippen MR) is 80.5 cm³/mol. The van der Waals surface area contributed by atoms with Gasteiger partial charge in [0, 0.05) is 6.42 Å². The molecule has 0 aliphatic heterocycles. The summed E-state index contributed by atoms with van der Waals surface area (Å²) in [7, 11) is 0. The first-order valence-corrected chi connectivity index (χ1v) is 4.89. The third-order valence-corrected chi connectivity index (χ3v) is 2.10. The van der Waals surface area contributed by atoms with E-state index < -0.39 is 17.9 Å². The average molecular weight is 332 g/mol. The normalized spacial score (nSPS) is 9.95. The molecular formula is C11H17Cl3N2O3. The van der Waals surface area contributed by atoms with Crippen LogP contribution in [0.15, 0.2) is 30.3 Å². The molecule has 0 fully saturated rings. The zero-order valence-corrected chi connectivity index (χ0v) is 12.4. The molecule has 0 saturated heterocycles. The second-order valence-corrected chi connectivity index (χ2v) is 3.35. The van der Waals surface area contributed by atoms with Crippen LogP contribution in [0.2, 0.25) is 0 Å². The number of nitrogens with two attached hydrogens (primary N) is 1. The fourth-order valence-corrected chi connectivity index (χ4v) is 1.30. The Balaban J connectivity index is -0.000000853. The summed E-state index contributed by atoms with van der Waals surface area (Å²) in [5.41, 5.74) is 5.96. The van der Waals surface area contributed by atoms with Crippen LogP contribution < -0.4 is 11.1 Å². The number of halogens is 3. The van der Waals surface area contributed by atoms with Gasteiger partial charge in [0.1, 0.15) is 6.04 Å². The summed E-state index contributed by atoms with van der Waals surface area (Å²) >= 11 is 0. The molecule has 1 amide bonds. The lowest BCUT2D eigenvalue weighted by Gasteiger charge is -2.13. The van der Waals surface area contributed by atoms with Crippen molar-refractivity contribution < 1.29 is 14.7 Å². The third kappa shape index (κ3) is 8.67. The molecule has 1 aromatic carbocycles. The largest absolute Gasteiger partial charge is 0.480 e. The first-order chi connectivity index (χ1) is 7.63. The standard InChI is InChI=1S/C11H14N2O3.3ClH/c12-7-10(14)13-9(11(15)16)6-8-4-2-1-3-5-8;;;/h1-5,9H,6-7,12H2,(H,13,14)(H,15,16);3*1H/t9-;;;/m0.../s1. The molecule has 0 spiro atoms. The van der Waals surface area contributed by atoms with E-state index in [-0.39, 0.29) is 50.2 Å². The van der Waals surface area contributed by atoms with Gasteiger partial charge >= 0.3 is 5.97 Å². The quantitative estimate of drug-likeness (QED) is 0.751. The average Bonchev–Trinajstić information content (AvgIpc) is 2.29. The number of amides is 1. The summed E-state index contributed by atoms with van der Waals surface area (Å²) in [6.07, 6.45) is 0.252. The van der Waals surface area contributed by atoms with Crippen LogP contribution in [-0.2, 0) is 16.0 Å². The van der Waals surface area contributed by atoms with Gasteiger partial charge in [0.05, 0.1) is 6.54 Å². The number of benzene rings is 1. The van der Waals surface area contributed by atoms with E-state index in [0.29, 0.717) is 0 Å². The molecule has 0 heterocycles. The van der Waals surface area contributed by atoms with Crippen molar-refractivity contribution in [3.63, 3.8) is 0 Å². The molecule has 0 radical (unpaired) electrons. The Morgan fingerprint density at radius 1 is 1.16 bits per heavy atom. The first-order valence-electron chi connectivity index (χ1n) is 4.89. The number of carboxylic acids is 1. The smallest absolute Gasteiger partial charge is 0.326 e. The van der Waals surface area contributed by atoms with Gasteiger partial charge in [-0.25, -0.2) is 4.79 Å². The summed E-state index contributed by atoms with van der Waals surface area (Å²) in [4.78, 5) is 21.9. The number of rotatable bonds is 5. The van der Waals surface area contributed by atoms with Crippen LogP contribution in [0.5, 0.6) is 0 Å². The number of carbonyl (C=O) groups is 2. The zero-order chi connectivity index (χ0) is 12.0. The molecule has 0 unspecified atom stereocenters. The third-order valence-electron chi connectivity index (χ3n) is 2.10. The minimum absolute atomic E-state index is 0. The highest BCUT2D eigenvalue weighted by atomic mass is 35.5. The number of nitrogens with one attached hydrogen (secondary N) is 1. The molecular weight excluding hydrogens is 314 g/mol. The van der Waals surface area contributed by atoms with E-state index in [1.165, 1.54) is 0 Å². The van der Waals surface area contributed by atoms with E-state index in [1.807, 2.05) is 30.3 Å². The Kier molecular flexibility index (Phi) is 14.7. The van der Waals surface area contributed by atoms with Crippen molar-refractivity contribution in [2.24, 2.45) is 5.73 Å². The maximum absolute atomic E-state index is 11.0. The highest BCUT2D eigenvalue weighted by Crippen LogP contribution is 2.03. The van der Waals surface area contributed by atoms with Gasteiger partial charge in [-0.2, -0.15) is 0 Å². The van der Waals surface area contributed by atoms with E-state index in [4.69, 9.17) is 10.8 Å². The van der Waals surface area contributed by atoms with Crippen molar-refractivity contribution in [3.05, 3.63) is 35.9 Å². The summed E-state index contributed by atoms with van der Waals surface area (Å²) in [5.74, 6) is -1.53. The summed E-state index contributed by atoms with van der Waals surface area (Å²) in [6, 6.07) is 8.17. The van der Waals surface area contributed by atoms with Gasteiger partial charge in [0.15, 0.2) is 0 Å². The van der Waals surface area contributed by atoms with E-state index in [2.05, 4.69) is 5.32 Å². The highest BCUT2D eigenvalue weighted by Gasteiger charge is 2.19. The van der Waals surface area contributed by atoms with Crippen molar-refractivity contribution in [1.82, 2.24) is 5.32 Å². The highest BCUT2D eigenvalue weighted by molar-refractivity contribution is 5.86. The summed E-state index contributed by atoms with van der Waals surface area (Å²) in [5, 5.41) is 11.3. The van der Waals surface area contributed by atoms with Gasteiger partial charge in [-0.1, -0.05) is 30.3 Å². The minimum atomic E-state index is -1.06. The molecule has 0 aliphatic carbocycles. The molecule has 0 aliphatic rings. The fourth-order valence-electron chi connectivity index (χ4n) is 1.30. The molecule has 0 bridgehead atoms. The number of hydrogen-bond donors (Lipinski definition) is 3. The van der Waals surface area contributed by atoms with Crippen LogP contribution >= 0.6 is 37.2 Å². The lowest BCUT2D eigenvalue weighted by molar-refractivity contribution is -0.141. The van der Waals surface area contributed by atoms with Gasteiger partial charge in [0.2, 0.25) is 5.91 Å². The van der Waals surface area contributed by atoms with Crippen molar-refractivity contribution in [2.75, 3.05) is 6.54 Å². The molecule has 4 N–H and O–H groups in total. The molecule has 8 heteroatoms. The Labute approximate surface area is 130 Å². The Bertz CT molecular complexity index is 377. The lowest BCUT2D eigenvalue weighted by Crippen LogP contribution is -2.44. The molecule has 0 saturated carbocycles. The van der Waals surface area contributed by atoms with Gasteiger partial charge in [0.25, 0.3) is 0 Å². The van der Waals surface area contributed by atoms with Crippen LogP contribution in [0.3, 0.4) is 0 Å². The second-order valence-electron chi connectivity index (χ2n) is 3.35. The zero-order valence-electron chi connectivity index (χ0n) is 9.94. The number of carboxylic acid groups (broad SMARTS) is 1. The van der Waals surface area contributed by atoms with Crippen molar-refractivity contribution in [3.8, 4) is 0 Å². The van der Waals surface area contributed by atoms with Crippen LogP contribution in [0.25, 0.3) is 0 Å². The summed E-state index contributed by atoms with van der Waals surface area (Å²) < 4.78 is 0. The van der Waals surface area contributed by atoms with Gasteiger partial charge in [-0.3, -0.25) is 4.79 Å². The molecule has 19 heavy (non-hydrogen) atoms. The molecule has 1 aromatic rings. The molecule has 1 rings (SSSR count). The topological polar surface area (TPSA) is 92.4 Å². The predicted octanol–water partition coefficient (Wildman–Crippen LogP) is 1.02. The molecule has 110 valence electrons. The fraction of sp³-hybridized carbons (Fsp3) is 0.273. The van der Waals surface area contributed by atoms with Crippen LogP contribution in [0, 0.1) is 0 Å². The van der Waals surface area contributed by atoms with E-state index in [1.54, 1.807) is 0 Å². The molecule has 0 aromatic heterocycles. The van der Waals surface area contributed by atoms with Gasteiger partial charge in [-0.15, -0.1) is 37.2 Å². The minimum Gasteiger partial charge on any atom is -0.480 e. The van der Waals surface area contributed by atoms with Crippen LogP contribution in [0.1, 0.15) is 5.56 Å². The number of hydrogen-bond acceptors (Lipinski definition) is 3. The first kappa shape index (κ1) is 23.1. The molecule has 1 atom stereocenters. The lowest BCUT2D eigenvalue weighted by atomic mass is 10.1. The summed E-state index contributed by atoms with van der Waals surface area (Å²) in [6.45, 7) is -0.210. The van der Waals surface area contributed by atoms with E-state index in [9.17, 15) is 9.59 Å². The Hall–Kier alpha value is -1.01. The maximum Gasteiger partial charge on any atom is 0.326 e. The van der Waals surface area contributed by atoms with Crippen LogP contribution in [0.4, 0.5) is 0 Å². The number of aliphatic carboxylic acids is 1. The van der Waals surface area contributed by atoms with Crippen molar-refractivity contribution >= 4 is 49.1 Å². The van der Waals surface area contributed by atoms with E-state index >= 15 is 0 Å². The Morgan fingerprint density at radius 3 is 2.11 bits per heavy atom. The second kappa shape index (κ2) is 12.0. The van der Waals surface area contributed by atoms with Crippen molar-refractivity contribution in [1.29, 1.82) is 0 Å². The van der Waals surface area contributed by atoms with Gasteiger partial charge < -0.3 is 16.2 Å². The molecule has 5 nitrogen and oxygen atoms in total. The SMILES string of the molecule is Cl.Cl.Cl.NCC(=O)N[C@@H](Cc1ccccc1)C(=O)O. The maximum atomic E-state index is 11.0. The van der Waals surface area contributed by atoms with Gasteiger partial charge in [-0.05, 0) is 5.56 Å². The monoisotopic (exact) mass is 330 g/mol. The van der Waals surface area contributed by atoms with E-state index in [0.717, 1.165) is 5.56 Å². The Morgan fingerprint density at radius 2 is 1.68 bits per heavy atom. The number of carbonyl (C=O) groups excluding carboxylic acids is 1. The van der Waals surface area contributed by atoms with Crippen molar-refractivity contribution in [2.45, 2.75) is 12.5 Å². The van der Waals surface area contributed by atoms with Crippen LogP contribution in [-0.4, -0.2) is 29.6 Å².